The number of anilines is 2. The van der Waals surface area contributed by atoms with Crippen LogP contribution >= 0.6 is 30.1 Å². The molecule has 2 amide bonds. The van der Waals surface area contributed by atoms with E-state index in [1.807, 2.05) is 50.4 Å². The number of carbonyl (C=O) groups is 2. The summed E-state index contributed by atoms with van der Waals surface area (Å²) in [6, 6.07) is 13.5. The molecule has 1 fully saturated rings. The number of aromatic nitrogens is 2. The van der Waals surface area contributed by atoms with Gasteiger partial charge in [-0.3, -0.25) is 10.1 Å². The van der Waals surface area contributed by atoms with E-state index in [4.69, 9.17) is 19.7 Å². The van der Waals surface area contributed by atoms with E-state index in [9.17, 15) is 14.0 Å². The first-order valence-corrected chi connectivity index (χ1v) is 18.9. The third-order valence-electron chi connectivity index (χ3n) is 6.77. The molecule has 48 heavy (non-hydrogen) atoms. The molecular formula is C34H43FIN5O6S. The average Bonchev–Trinajstić information content (AvgIpc) is 3.52. The quantitative estimate of drug-likeness (QED) is 0.0894. The molecule has 2 heterocycles. The van der Waals surface area contributed by atoms with Crippen molar-refractivity contribution in [2.24, 2.45) is 0 Å². The molecule has 1 aromatic heterocycles. The second kappa shape index (κ2) is 22.3. The minimum Gasteiger partial charge on any atom is -0.374 e. The van der Waals surface area contributed by atoms with Crippen LogP contribution in [0.4, 0.5) is 20.8 Å². The van der Waals surface area contributed by atoms with E-state index in [1.54, 1.807) is 32.2 Å². The molecule has 260 valence electrons. The van der Waals surface area contributed by atoms with Gasteiger partial charge in [0, 0.05) is 29.4 Å². The number of nitrogens with one attached hydrogen (secondary N) is 2. The van der Waals surface area contributed by atoms with Gasteiger partial charge in [-0.05, 0) is 78.8 Å². The highest BCUT2D eigenvalue weighted by molar-refractivity contribution is 14.2. The first-order valence-electron chi connectivity index (χ1n) is 15.1. The van der Waals surface area contributed by atoms with Crippen molar-refractivity contribution >= 4 is 59.7 Å². The maximum absolute atomic E-state index is 14.2. The molecule has 0 aliphatic carbocycles. The lowest BCUT2D eigenvalue weighted by atomic mass is 10.0. The highest BCUT2D eigenvalue weighted by Crippen LogP contribution is 2.30. The van der Waals surface area contributed by atoms with E-state index in [2.05, 4.69) is 48.4 Å². The summed E-state index contributed by atoms with van der Waals surface area (Å²) < 4.78 is 26.0. The second-order valence-corrected chi connectivity index (χ2v) is 13.2. The van der Waals surface area contributed by atoms with Crippen molar-refractivity contribution < 1.29 is 33.7 Å². The van der Waals surface area contributed by atoms with E-state index >= 15 is 0 Å². The van der Waals surface area contributed by atoms with Crippen LogP contribution in [0.5, 0.6) is 0 Å². The van der Waals surface area contributed by atoms with Crippen LogP contribution in [0, 0.1) is 12.7 Å². The van der Waals surface area contributed by atoms with Crippen molar-refractivity contribution in [3.05, 3.63) is 102 Å². The molecule has 2 aromatic carbocycles. The number of carbonyl (C=O) groups excluding carboxylic acids is 2. The normalized spacial score (nSPS) is 15.2. The lowest BCUT2D eigenvalue weighted by Crippen LogP contribution is -2.33. The zero-order chi connectivity index (χ0) is 35.5. The Balaban J connectivity index is 0.000000476. The molecule has 14 heteroatoms. The summed E-state index contributed by atoms with van der Waals surface area (Å²) in [5, 5.41) is 22.3. The van der Waals surface area contributed by atoms with Crippen molar-refractivity contribution in [1.82, 2.24) is 15.3 Å². The number of hydrogen-bond acceptors (Lipinski definition) is 10. The predicted octanol–water partition coefficient (Wildman–Crippen LogP) is 6.65. The maximum Gasteiger partial charge on any atom is 0.320 e. The van der Waals surface area contributed by atoms with Gasteiger partial charge in [-0.1, -0.05) is 64.1 Å². The highest BCUT2D eigenvalue weighted by Gasteiger charge is 2.31. The van der Waals surface area contributed by atoms with Crippen molar-refractivity contribution in [2.45, 2.75) is 58.8 Å². The molecule has 1 aliphatic rings. The standard InChI is InChI=1S/C24H30FN5O4.C9H10O2.CH3IS/c1-5-26-24(32)29-22-15(3)23(28-14-27-22)30(6-2)21-11-10-17(34-21)12-33-13-19-18(16(4)31)8-7-9-20(19)25;10-9(11)7-6-8-4-2-1-3-5-8;1-3-2/h6-9,14,17,21H,2,5,10-13H2,1,3-4H3,(H2,26,27,28,29,32);1-7,9-11H;1H3/b;7-6+;. The molecule has 4 N–H and O–H groups in total. The fraction of sp³-hybridized carbons (Fsp3) is 0.353. The molecule has 11 nitrogen and oxygen atoms in total. The number of benzene rings is 2. The van der Waals surface area contributed by atoms with Gasteiger partial charge >= 0.3 is 6.03 Å². The van der Waals surface area contributed by atoms with Gasteiger partial charge in [0.1, 0.15) is 30.0 Å². The third-order valence-corrected chi connectivity index (χ3v) is 6.77. The Hall–Kier alpha value is -3.41. The Morgan fingerprint density at radius 1 is 1.21 bits per heavy atom. The fourth-order valence-electron chi connectivity index (χ4n) is 4.58. The lowest BCUT2D eigenvalue weighted by molar-refractivity contribution is -0.0185. The number of halogens is 2. The number of hydrogen-bond donors (Lipinski definition) is 4. The monoisotopic (exact) mass is 795 g/mol. The molecule has 1 saturated heterocycles. The Morgan fingerprint density at radius 3 is 2.54 bits per heavy atom. The third kappa shape index (κ3) is 13.6. The first-order chi connectivity index (χ1) is 23.1. The van der Waals surface area contributed by atoms with Crippen LogP contribution in [0.3, 0.4) is 0 Å². The minimum atomic E-state index is -1.37. The summed E-state index contributed by atoms with van der Waals surface area (Å²) in [4.78, 5) is 34.0. The summed E-state index contributed by atoms with van der Waals surface area (Å²) in [5.74, 6) is 0.290. The van der Waals surface area contributed by atoms with E-state index in [0.29, 0.717) is 35.7 Å². The number of Topliss-reactive ketones (excluding diaryl/α,β-unsaturated/α-hetero) is 1. The summed E-state index contributed by atoms with van der Waals surface area (Å²) >= 11 is 2.20. The first kappa shape index (κ1) is 40.8. The van der Waals surface area contributed by atoms with Crippen molar-refractivity contribution in [3.8, 4) is 0 Å². The summed E-state index contributed by atoms with van der Waals surface area (Å²) in [5.41, 5.74) is 2.20. The molecule has 0 saturated carbocycles. The predicted molar refractivity (Wildman–Crippen MR) is 197 cm³/mol. The van der Waals surface area contributed by atoms with Gasteiger partial charge in [-0.15, -0.1) is 0 Å². The molecule has 0 bridgehead atoms. The number of nitrogens with zero attached hydrogens (tertiary/aromatic N) is 3. The molecule has 2 unspecified atom stereocenters. The SMILES string of the molecule is C=CN(c1ncnc(NC(=O)NCC)c1C)C1CCC(COCc2c(F)cccc2C(C)=O)O1.CSI.OC(O)/C=C/c1ccccc1. The summed E-state index contributed by atoms with van der Waals surface area (Å²) in [7, 11) is 1.72. The molecular weight excluding hydrogens is 752 g/mol. The molecule has 2 atom stereocenters. The second-order valence-electron chi connectivity index (χ2n) is 10.2. The summed E-state index contributed by atoms with van der Waals surface area (Å²) in [6.07, 6.45) is 7.50. The van der Waals surface area contributed by atoms with E-state index < -0.39 is 12.1 Å². The number of urea groups is 1. The van der Waals surface area contributed by atoms with E-state index in [-0.39, 0.29) is 42.9 Å². The van der Waals surface area contributed by atoms with Gasteiger partial charge in [-0.25, -0.2) is 19.2 Å². The molecule has 0 radical (unpaired) electrons. The highest BCUT2D eigenvalue weighted by atomic mass is 127. The number of ketones is 1. The topological polar surface area (TPSA) is 146 Å². The Morgan fingerprint density at radius 2 is 1.92 bits per heavy atom. The van der Waals surface area contributed by atoms with Crippen LogP contribution in [0.15, 0.2) is 73.7 Å². The van der Waals surface area contributed by atoms with Crippen molar-refractivity contribution in [1.29, 1.82) is 0 Å². The van der Waals surface area contributed by atoms with Crippen LogP contribution in [-0.2, 0) is 16.1 Å². The molecule has 1 aliphatic heterocycles. The van der Waals surface area contributed by atoms with Gasteiger partial charge < -0.3 is 29.9 Å². The van der Waals surface area contributed by atoms with Gasteiger partial charge in [0.05, 0.1) is 19.3 Å². The van der Waals surface area contributed by atoms with Crippen molar-refractivity contribution in [2.75, 3.05) is 29.6 Å². The van der Waals surface area contributed by atoms with Crippen molar-refractivity contribution in [3.63, 3.8) is 0 Å². The van der Waals surface area contributed by atoms with Crippen LogP contribution in [0.1, 0.15) is 53.7 Å². The largest absolute Gasteiger partial charge is 0.374 e. The number of aliphatic hydroxyl groups excluding tert-OH is 1. The van der Waals surface area contributed by atoms with E-state index in [0.717, 1.165) is 12.0 Å². The Kier molecular flexibility index (Phi) is 18.9. The number of ether oxygens (including phenoxy) is 2. The Labute approximate surface area is 297 Å². The van der Waals surface area contributed by atoms with Gasteiger partial charge in [0.2, 0.25) is 0 Å². The number of amides is 2. The zero-order valence-corrected chi connectivity index (χ0v) is 30.4. The van der Waals surface area contributed by atoms with Gasteiger partial charge in [0.15, 0.2) is 12.1 Å². The average molecular weight is 796 g/mol. The lowest BCUT2D eigenvalue weighted by Gasteiger charge is -2.28. The Bertz CT molecular complexity index is 1480. The summed E-state index contributed by atoms with van der Waals surface area (Å²) in [6.45, 7) is 9.65. The number of aliphatic hydroxyl groups is 2. The minimum absolute atomic E-state index is 0.0167. The van der Waals surface area contributed by atoms with Crippen LogP contribution < -0.4 is 15.5 Å². The van der Waals surface area contributed by atoms with Gasteiger partial charge in [-0.2, -0.15) is 0 Å². The molecule has 4 rings (SSSR count). The van der Waals surface area contributed by atoms with Crippen LogP contribution in [-0.4, -0.2) is 70.0 Å². The van der Waals surface area contributed by atoms with Crippen LogP contribution in [0.25, 0.3) is 6.08 Å². The molecule has 3 aromatic rings. The number of rotatable bonds is 12. The fourth-order valence-corrected chi connectivity index (χ4v) is 4.58. The van der Waals surface area contributed by atoms with Gasteiger partial charge in [0.25, 0.3) is 0 Å². The molecule has 0 spiro atoms. The zero-order valence-electron chi connectivity index (χ0n) is 27.4. The van der Waals surface area contributed by atoms with Crippen LogP contribution in [0.2, 0.25) is 0 Å². The maximum atomic E-state index is 14.2. The smallest absolute Gasteiger partial charge is 0.320 e. The van der Waals surface area contributed by atoms with E-state index in [1.165, 1.54) is 31.5 Å².